The van der Waals surface area contributed by atoms with Crippen LogP contribution in [0.3, 0.4) is 0 Å². The molecule has 1 saturated heterocycles. The third-order valence-electron chi connectivity index (χ3n) is 4.91. The molecule has 0 radical (unpaired) electrons. The Hall–Kier alpha value is -2.49. The molecule has 6 atom stereocenters. The average molecular weight is 554 g/mol. The van der Waals surface area contributed by atoms with Crippen LogP contribution < -0.4 is 5.32 Å². The molecule has 0 aromatic heterocycles. The van der Waals surface area contributed by atoms with Gasteiger partial charge in [-0.1, -0.05) is 11.8 Å². The zero-order valence-electron chi connectivity index (χ0n) is 21.0. The van der Waals surface area contributed by atoms with E-state index < -0.39 is 66.0 Å². The van der Waals surface area contributed by atoms with E-state index in [2.05, 4.69) is 5.32 Å². The van der Waals surface area contributed by atoms with Crippen LogP contribution in [0.15, 0.2) is 0 Å². The Labute approximate surface area is 218 Å². The molecule has 0 aliphatic carbocycles. The summed E-state index contributed by atoms with van der Waals surface area (Å²) in [6, 6.07) is -1.19. The minimum atomic E-state index is -2.14. The first kappa shape index (κ1) is 31.5. The topological polar surface area (TPSA) is 162 Å². The largest absolute Gasteiger partial charge is 0.474 e. The highest BCUT2D eigenvalue weighted by atomic mass is 32.2. The molecule has 1 rings (SSSR count). The van der Waals surface area contributed by atoms with Crippen molar-refractivity contribution in [2.24, 2.45) is 0 Å². The van der Waals surface area contributed by atoms with E-state index in [1.807, 2.05) is 0 Å². The predicted octanol–water partition coefficient (Wildman–Crippen LogP) is 0.255. The number of methoxy groups -OCH3 is 2. The monoisotopic (exact) mass is 553 g/mol. The van der Waals surface area contributed by atoms with Gasteiger partial charge in [-0.05, 0) is 18.5 Å². The van der Waals surface area contributed by atoms with Crippen molar-refractivity contribution in [1.82, 2.24) is 5.32 Å². The molecule has 1 aliphatic heterocycles. The van der Waals surface area contributed by atoms with Crippen molar-refractivity contribution in [3.63, 3.8) is 0 Å². The summed E-state index contributed by atoms with van der Waals surface area (Å²) in [4.78, 5) is 60.7. The number of thioether (sulfide) groups is 1. The Kier molecular flexibility index (Phi) is 12.5. The lowest BCUT2D eigenvalue weighted by Gasteiger charge is -2.48. The van der Waals surface area contributed by atoms with Crippen LogP contribution in [0.25, 0.3) is 0 Å². The SMILES string of the molecule is COC(=O)[C@]1(OC)C[C@@H](OC(C)=O)[C@@H](NC(C)=O)C([C@H](OC(C)=O)[C@@H](COC(=S)SC)OC(C)=O)O1. The maximum atomic E-state index is 12.7. The molecule has 1 unspecified atom stereocenters. The first-order chi connectivity index (χ1) is 16.8. The van der Waals surface area contributed by atoms with Gasteiger partial charge >= 0.3 is 23.9 Å². The number of amides is 1. The summed E-state index contributed by atoms with van der Waals surface area (Å²) in [6.07, 6.45) is -4.22. The molecule has 1 heterocycles. The van der Waals surface area contributed by atoms with Crippen LogP contribution in [0.1, 0.15) is 34.1 Å². The van der Waals surface area contributed by atoms with E-state index in [0.717, 1.165) is 46.8 Å². The van der Waals surface area contributed by atoms with Gasteiger partial charge in [0.05, 0.1) is 19.6 Å². The fourth-order valence-electron chi connectivity index (χ4n) is 3.62. The van der Waals surface area contributed by atoms with Crippen LogP contribution in [0.2, 0.25) is 0 Å². The summed E-state index contributed by atoms with van der Waals surface area (Å²) in [5.41, 5.74) is 0. The maximum Gasteiger partial charge on any atom is 0.366 e. The van der Waals surface area contributed by atoms with Crippen molar-refractivity contribution in [3.05, 3.63) is 0 Å². The molecule has 13 nitrogen and oxygen atoms in total. The number of carbonyl (C=O) groups excluding carboxylic acids is 5. The van der Waals surface area contributed by atoms with Gasteiger partial charge in [0, 0.05) is 34.8 Å². The molecular weight excluding hydrogens is 522 g/mol. The Morgan fingerprint density at radius 3 is 2.11 bits per heavy atom. The van der Waals surface area contributed by atoms with Crippen LogP contribution in [-0.4, -0.2) is 97.5 Å². The number of thiocarbonyl (C=S) groups is 1. The van der Waals surface area contributed by atoms with E-state index in [1.165, 1.54) is 6.92 Å². The van der Waals surface area contributed by atoms with Crippen LogP contribution in [0, 0.1) is 0 Å². The van der Waals surface area contributed by atoms with Crippen molar-refractivity contribution in [3.8, 4) is 0 Å². The van der Waals surface area contributed by atoms with E-state index in [-0.39, 0.29) is 17.4 Å². The molecule has 15 heteroatoms. The summed E-state index contributed by atoms with van der Waals surface area (Å²) in [7, 11) is 2.24. The third-order valence-corrected chi connectivity index (χ3v) is 5.98. The molecule has 0 spiro atoms. The Bertz CT molecular complexity index is 853. The van der Waals surface area contributed by atoms with Crippen LogP contribution >= 0.6 is 24.0 Å². The molecule has 1 N–H and O–H groups in total. The number of ether oxygens (including phenoxy) is 7. The molecule has 1 aliphatic rings. The minimum absolute atomic E-state index is 0.107. The molecule has 0 bridgehead atoms. The fraction of sp³-hybridized carbons (Fsp3) is 0.714. The molecule has 1 amide bonds. The highest BCUT2D eigenvalue weighted by molar-refractivity contribution is 8.22. The quantitative estimate of drug-likeness (QED) is 0.223. The van der Waals surface area contributed by atoms with E-state index in [0.29, 0.717) is 0 Å². The lowest BCUT2D eigenvalue weighted by atomic mass is 9.88. The maximum absolute atomic E-state index is 12.7. The van der Waals surface area contributed by atoms with Crippen LogP contribution in [0.4, 0.5) is 0 Å². The first-order valence-electron chi connectivity index (χ1n) is 10.6. The number of hydrogen-bond acceptors (Lipinski definition) is 14. The number of carbonyl (C=O) groups is 5. The second kappa shape index (κ2) is 14.3. The van der Waals surface area contributed by atoms with Crippen LogP contribution in [-0.2, 0) is 57.1 Å². The number of nitrogens with one attached hydrogen (secondary N) is 1. The van der Waals surface area contributed by atoms with Gasteiger partial charge in [0.25, 0.3) is 5.79 Å². The Balaban J connectivity index is 3.71. The van der Waals surface area contributed by atoms with Gasteiger partial charge in [0.15, 0.2) is 12.2 Å². The van der Waals surface area contributed by atoms with Crippen LogP contribution in [0.5, 0.6) is 0 Å². The Morgan fingerprint density at radius 1 is 1.06 bits per heavy atom. The molecule has 0 saturated carbocycles. The third kappa shape index (κ3) is 8.87. The standard InChI is InChI=1S/C21H31NO12S2/c1-10(23)22-16-14(31-11(2)24)8-21(29-6,19(27)28-5)34-18(16)17(33-13(4)26)15(32-12(3)25)9-30-20(35)36-7/h14-18H,8-9H2,1-7H3,(H,22,23)/t14-,15-,16-,17-,18?,21+/m1/s1. The van der Waals surface area contributed by atoms with Gasteiger partial charge in [0.2, 0.25) is 10.3 Å². The second-order valence-electron chi connectivity index (χ2n) is 7.60. The summed E-state index contributed by atoms with van der Waals surface area (Å²) >= 11 is 6.14. The van der Waals surface area contributed by atoms with Gasteiger partial charge in [-0.3, -0.25) is 19.2 Å². The van der Waals surface area contributed by atoms with E-state index >= 15 is 0 Å². The zero-order valence-corrected chi connectivity index (χ0v) is 22.6. The predicted molar refractivity (Wildman–Crippen MR) is 128 cm³/mol. The van der Waals surface area contributed by atoms with Gasteiger partial charge in [-0.25, -0.2) is 4.79 Å². The van der Waals surface area contributed by atoms with Crippen molar-refractivity contribution < 1.29 is 57.1 Å². The molecular formula is C21H31NO12S2. The Morgan fingerprint density at radius 2 is 1.67 bits per heavy atom. The fourth-order valence-corrected chi connectivity index (χ4v) is 3.87. The number of rotatable bonds is 10. The zero-order chi connectivity index (χ0) is 27.6. The lowest BCUT2D eigenvalue weighted by molar-refractivity contribution is -0.307. The summed E-state index contributed by atoms with van der Waals surface area (Å²) < 4.78 is 37.9. The highest BCUT2D eigenvalue weighted by Crippen LogP contribution is 2.36. The summed E-state index contributed by atoms with van der Waals surface area (Å²) in [5, 5.41) is 2.59. The van der Waals surface area contributed by atoms with Crippen molar-refractivity contribution in [1.29, 1.82) is 0 Å². The normalized spacial score (nSPS) is 24.9. The van der Waals surface area contributed by atoms with E-state index in [1.54, 1.807) is 6.26 Å². The molecule has 0 aromatic carbocycles. The second-order valence-corrected chi connectivity index (χ2v) is 9.00. The van der Waals surface area contributed by atoms with Crippen molar-refractivity contribution in [2.45, 2.75) is 70.4 Å². The lowest BCUT2D eigenvalue weighted by Crippen LogP contribution is -2.69. The average Bonchev–Trinajstić information content (AvgIpc) is 2.79. The smallest absolute Gasteiger partial charge is 0.366 e. The van der Waals surface area contributed by atoms with Crippen molar-refractivity contribution >= 4 is 58.1 Å². The van der Waals surface area contributed by atoms with Gasteiger partial charge in [0.1, 0.15) is 18.8 Å². The van der Waals surface area contributed by atoms with E-state index in [9.17, 15) is 24.0 Å². The highest BCUT2D eigenvalue weighted by Gasteiger charge is 2.58. The van der Waals surface area contributed by atoms with Crippen molar-refractivity contribution in [2.75, 3.05) is 27.1 Å². The molecule has 36 heavy (non-hydrogen) atoms. The van der Waals surface area contributed by atoms with Gasteiger partial charge < -0.3 is 38.5 Å². The number of hydrogen-bond donors (Lipinski definition) is 1. The first-order valence-corrected chi connectivity index (χ1v) is 12.2. The summed E-state index contributed by atoms with van der Waals surface area (Å²) in [6.45, 7) is 4.16. The molecule has 0 aromatic rings. The van der Waals surface area contributed by atoms with Gasteiger partial charge in [-0.15, -0.1) is 0 Å². The van der Waals surface area contributed by atoms with E-state index in [4.69, 9.17) is 45.4 Å². The number of esters is 4. The molecule has 204 valence electrons. The summed E-state index contributed by atoms with van der Waals surface area (Å²) in [5.74, 6) is -5.99. The minimum Gasteiger partial charge on any atom is -0.474 e. The van der Waals surface area contributed by atoms with Gasteiger partial charge in [-0.2, -0.15) is 0 Å². The molecule has 1 fully saturated rings.